The molecule has 156 valence electrons. The molecule has 2 aliphatic rings. The zero-order chi connectivity index (χ0) is 21.1. The van der Waals surface area contributed by atoms with Gasteiger partial charge in [-0.3, -0.25) is 9.59 Å². The van der Waals surface area contributed by atoms with Gasteiger partial charge in [0.15, 0.2) is 0 Å². The Morgan fingerprint density at radius 1 is 1.03 bits per heavy atom. The van der Waals surface area contributed by atoms with Crippen molar-refractivity contribution in [1.29, 1.82) is 0 Å². The molecule has 0 radical (unpaired) electrons. The number of amides is 2. The summed E-state index contributed by atoms with van der Waals surface area (Å²) in [5, 5.41) is 9.66. The molecule has 4 rings (SSSR count). The summed E-state index contributed by atoms with van der Waals surface area (Å²) in [6, 6.07) is 16.4. The van der Waals surface area contributed by atoms with Gasteiger partial charge in [-0.2, -0.15) is 0 Å². The van der Waals surface area contributed by atoms with Crippen molar-refractivity contribution in [3.05, 3.63) is 65.9 Å². The predicted molar refractivity (Wildman–Crippen MR) is 115 cm³/mol. The number of nitrogens with zero attached hydrogens (tertiary/aromatic N) is 2. The van der Waals surface area contributed by atoms with E-state index in [0.717, 1.165) is 12.8 Å². The molecule has 1 atom stereocenters. The van der Waals surface area contributed by atoms with Crippen LogP contribution in [0.15, 0.2) is 60.3 Å². The normalized spacial score (nSPS) is 19.6. The zero-order valence-electron chi connectivity index (χ0n) is 17.1. The lowest BCUT2D eigenvalue weighted by Crippen LogP contribution is -2.40. The van der Waals surface area contributed by atoms with Crippen molar-refractivity contribution in [3.8, 4) is 5.75 Å². The van der Waals surface area contributed by atoms with Crippen LogP contribution in [0.4, 0.5) is 5.69 Å². The summed E-state index contributed by atoms with van der Waals surface area (Å²) in [5.74, 6) is -0.0951. The van der Waals surface area contributed by atoms with Gasteiger partial charge < -0.3 is 14.7 Å². The highest BCUT2D eigenvalue weighted by molar-refractivity contribution is 6.45. The highest BCUT2D eigenvalue weighted by Crippen LogP contribution is 2.39. The summed E-state index contributed by atoms with van der Waals surface area (Å²) >= 11 is 0. The number of likely N-dealkylation sites (tertiary alicyclic amines) is 1. The molecule has 2 heterocycles. The van der Waals surface area contributed by atoms with E-state index in [0.29, 0.717) is 48.0 Å². The molecule has 6 heteroatoms. The molecule has 0 saturated carbocycles. The average Bonchev–Trinajstić information content (AvgIpc) is 3.05. The number of hydrogen-bond acceptors (Lipinski definition) is 5. The Morgan fingerprint density at radius 2 is 1.77 bits per heavy atom. The Labute approximate surface area is 176 Å². The number of para-hydroxylation sites is 2. The monoisotopic (exact) mass is 406 g/mol. The third-order valence-corrected chi connectivity index (χ3v) is 5.62. The Bertz CT molecular complexity index is 970. The third kappa shape index (κ3) is 3.59. The number of carbonyl (C=O) groups excluding carboxylic acids is 2. The third-order valence-electron chi connectivity index (χ3n) is 5.62. The van der Waals surface area contributed by atoms with Gasteiger partial charge in [-0.25, -0.2) is 4.90 Å². The molecule has 6 nitrogen and oxygen atoms in total. The average molecular weight is 406 g/mol. The van der Waals surface area contributed by atoms with Gasteiger partial charge in [0.05, 0.1) is 17.9 Å². The van der Waals surface area contributed by atoms with Gasteiger partial charge in [-0.1, -0.05) is 42.5 Å². The molecule has 2 amide bonds. The second-order valence-electron chi connectivity index (χ2n) is 7.57. The first kappa shape index (κ1) is 20.2. The Balaban J connectivity index is 1.81. The van der Waals surface area contributed by atoms with Crippen LogP contribution in [0, 0.1) is 5.92 Å². The molecule has 0 aliphatic carbocycles. The molecule has 30 heavy (non-hydrogen) atoms. The molecule has 2 aliphatic heterocycles. The number of aliphatic hydroxyl groups excluding tert-OH is 1. The van der Waals surface area contributed by atoms with E-state index in [4.69, 9.17) is 4.74 Å². The quantitative estimate of drug-likeness (QED) is 0.747. The zero-order valence-corrected chi connectivity index (χ0v) is 17.1. The molecule has 0 spiro atoms. The summed E-state index contributed by atoms with van der Waals surface area (Å²) in [6.07, 6.45) is 1.79. The number of hydrogen-bond donors (Lipinski definition) is 1. The summed E-state index contributed by atoms with van der Waals surface area (Å²) < 4.78 is 5.69. The van der Waals surface area contributed by atoms with E-state index in [1.54, 1.807) is 18.2 Å². The van der Waals surface area contributed by atoms with E-state index in [-0.39, 0.29) is 24.3 Å². The SMILES string of the molecule is CCOc1ccccc1N1C(=O)C(c2ccccc2)=C(N2CCCC(CO)C2)C1=O. The minimum Gasteiger partial charge on any atom is -0.492 e. The van der Waals surface area contributed by atoms with Gasteiger partial charge in [0.1, 0.15) is 11.4 Å². The maximum atomic E-state index is 13.6. The second kappa shape index (κ2) is 8.71. The van der Waals surface area contributed by atoms with Gasteiger partial charge in [0, 0.05) is 19.7 Å². The number of ether oxygens (including phenoxy) is 1. The van der Waals surface area contributed by atoms with Gasteiger partial charge in [0.2, 0.25) is 0 Å². The fourth-order valence-electron chi connectivity index (χ4n) is 4.23. The van der Waals surface area contributed by atoms with Crippen molar-refractivity contribution in [2.45, 2.75) is 19.8 Å². The molecule has 1 fully saturated rings. The van der Waals surface area contributed by atoms with E-state index in [9.17, 15) is 14.7 Å². The maximum Gasteiger partial charge on any atom is 0.282 e. The van der Waals surface area contributed by atoms with Crippen LogP contribution in [0.3, 0.4) is 0 Å². The number of aliphatic hydroxyl groups is 1. The van der Waals surface area contributed by atoms with Crippen molar-refractivity contribution >= 4 is 23.1 Å². The van der Waals surface area contributed by atoms with Gasteiger partial charge in [-0.05, 0) is 43.4 Å². The minimum absolute atomic E-state index is 0.0729. The van der Waals surface area contributed by atoms with Crippen molar-refractivity contribution < 1.29 is 19.4 Å². The fourth-order valence-corrected chi connectivity index (χ4v) is 4.23. The van der Waals surface area contributed by atoms with Crippen LogP contribution >= 0.6 is 0 Å². The topological polar surface area (TPSA) is 70.1 Å². The number of imide groups is 1. The lowest BCUT2D eigenvalue weighted by molar-refractivity contribution is -0.120. The predicted octanol–water partition coefficient (Wildman–Crippen LogP) is 3.07. The second-order valence-corrected chi connectivity index (χ2v) is 7.57. The van der Waals surface area contributed by atoms with Crippen LogP contribution in [0.1, 0.15) is 25.3 Å². The van der Waals surface area contributed by atoms with Crippen molar-refractivity contribution in [2.75, 3.05) is 31.2 Å². The molecule has 1 unspecified atom stereocenters. The molecular weight excluding hydrogens is 380 g/mol. The Kier molecular flexibility index (Phi) is 5.86. The molecule has 2 aromatic rings. The van der Waals surface area contributed by atoms with E-state index in [1.165, 1.54) is 4.90 Å². The number of rotatable bonds is 6. The first-order valence-corrected chi connectivity index (χ1v) is 10.4. The van der Waals surface area contributed by atoms with Gasteiger partial charge in [-0.15, -0.1) is 0 Å². The van der Waals surface area contributed by atoms with Crippen LogP contribution in [-0.4, -0.2) is 48.1 Å². The first-order chi connectivity index (χ1) is 14.7. The molecule has 1 N–H and O–H groups in total. The molecule has 0 aromatic heterocycles. The van der Waals surface area contributed by atoms with Crippen LogP contribution in [0.2, 0.25) is 0 Å². The number of anilines is 1. The number of carbonyl (C=O) groups is 2. The summed E-state index contributed by atoms with van der Waals surface area (Å²) in [4.78, 5) is 30.4. The lowest BCUT2D eigenvalue weighted by Gasteiger charge is -2.34. The number of benzene rings is 2. The Morgan fingerprint density at radius 3 is 2.50 bits per heavy atom. The smallest absolute Gasteiger partial charge is 0.282 e. The fraction of sp³-hybridized carbons (Fsp3) is 0.333. The summed E-state index contributed by atoms with van der Waals surface area (Å²) in [5.41, 5.74) is 1.99. The highest BCUT2D eigenvalue weighted by Gasteiger charge is 2.44. The molecule has 2 aromatic carbocycles. The highest BCUT2D eigenvalue weighted by atomic mass is 16.5. The van der Waals surface area contributed by atoms with Crippen molar-refractivity contribution in [1.82, 2.24) is 4.90 Å². The number of piperidine rings is 1. The largest absolute Gasteiger partial charge is 0.492 e. The standard InChI is InChI=1S/C24H26N2O4/c1-2-30-20-13-7-6-12-19(20)26-23(28)21(18-10-4-3-5-11-18)22(24(26)29)25-14-8-9-17(15-25)16-27/h3-7,10-13,17,27H,2,8-9,14-16H2,1H3. The summed E-state index contributed by atoms with van der Waals surface area (Å²) in [6.45, 7) is 3.61. The summed E-state index contributed by atoms with van der Waals surface area (Å²) in [7, 11) is 0. The molecule has 0 bridgehead atoms. The maximum absolute atomic E-state index is 13.6. The first-order valence-electron chi connectivity index (χ1n) is 10.4. The van der Waals surface area contributed by atoms with E-state index >= 15 is 0 Å². The van der Waals surface area contributed by atoms with Crippen LogP contribution in [0.25, 0.3) is 5.57 Å². The van der Waals surface area contributed by atoms with Crippen LogP contribution < -0.4 is 9.64 Å². The Hall–Kier alpha value is -3.12. The van der Waals surface area contributed by atoms with Crippen molar-refractivity contribution in [2.24, 2.45) is 5.92 Å². The van der Waals surface area contributed by atoms with Crippen molar-refractivity contribution in [3.63, 3.8) is 0 Å². The lowest BCUT2D eigenvalue weighted by atomic mass is 9.97. The van der Waals surface area contributed by atoms with E-state index < -0.39 is 0 Å². The van der Waals surface area contributed by atoms with E-state index in [1.807, 2.05) is 48.2 Å². The minimum atomic E-state index is -0.348. The van der Waals surface area contributed by atoms with E-state index in [2.05, 4.69) is 0 Å². The van der Waals surface area contributed by atoms with Crippen LogP contribution in [0.5, 0.6) is 5.75 Å². The molecule has 1 saturated heterocycles. The van der Waals surface area contributed by atoms with Gasteiger partial charge in [0.25, 0.3) is 11.8 Å². The van der Waals surface area contributed by atoms with Crippen LogP contribution in [-0.2, 0) is 9.59 Å². The van der Waals surface area contributed by atoms with Gasteiger partial charge >= 0.3 is 0 Å². The molecular formula is C24H26N2O4.